The van der Waals surface area contributed by atoms with E-state index in [0.29, 0.717) is 11.7 Å². The van der Waals surface area contributed by atoms with Crippen molar-refractivity contribution in [3.63, 3.8) is 0 Å². The zero-order valence-corrected chi connectivity index (χ0v) is 25.0. The van der Waals surface area contributed by atoms with Gasteiger partial charge >= 0.3 is 0 Å². The van der Waals surface area contributed by atoms with Crippen molar-refractivity contribution in [2.75, 3.05) is 0 Å². The Morgan fingerprint density at radius 2 is 1.24 bits per heavy atom. The number of fused-ring (bicyclic) bond motifs is 9. The van der Waals surface area contributed by atoms with E-state index in [1.54, 1.807) is 6.08 Å². The molecule has 9 aromatic rings. The molecule has 0 N–H and O–H groups in total. The van der Waals surface area contributed by atoms with Crippen molar-refractivity contribution in [3.05, 3.63) is 152 Å². The van der Waals surface area contributed by atoms with E-state index < -0.39 is 0 Å². The number of aromatic nitrogens is 4. The summed E-state index contributed by atoms with van der Waals surface area (Å²) in [6.07, 6.45) is 9.96. The molecule has 0 unspecified atom stereocenters. The molecule has 0 fully saturated rings. The number of benzene rings is 5. The quantitative estimate of drug-likeness (QED) is 0.181. The Balaban J connectivity index is 1.34. The Labute approximate surface area is 264 Å². The molecule has 5 aromatic carbocycles. The van der Waals surface area contributed by atoms with Gasteiger partial charge in [0.2, 0.25) is 11.7 Å². The van der Waals surface area contributed by atoms with Gasteiger partial charge in [-0.25, -0.2) is 4.98 Å². The van der Waals surface area contributed by atoms with Crippen molar-refractivity contribution in [1.82, 2.24) is 19.1 Å². The summed E-state index contributed by atoms with van der Waals surface area (Å²) in [4.78, 5) is 10.5. The lowest BCUT2D eigenvalue weighted by molar-refractivity contribution is 0.651. The van der Waals surface area contributed by atoms with Gasteiger partial charge in [-0.2, -0.15) is 4.98 Å². The Hall–Kier alpha value is -6.20. The molecule has 0 bridgehead atoms. The van der Waals surface area contributed by atoms with E-state index in [-0.39, 0.29) is 0 Å². The lowest BCUT2D eigenvalue weighted by Crippen LogP contribution is -2.03. The standard InChI is InChI=1S/C41H28N4O/c1-2-3-4-5-14-25-44-33-19-10-6-15-28(33)31-24-23-27(26-36(31)44)39-38-32-18-9-13-22-37(32)46-40(38)43-41(42-39)45-34-20-11-7-16-29(34)30-17-8-12-21-35(30)45/h2-24,26H,1,25H2/b4-3-,14-5-. The van der Waals surface area contributed by atoms with Crippen LogP contribution in [0, 0.1) is 0 Å². The molecule has 218 valence electrons. The SMILES string of the molecule is C=C/C=C\C=C/Cn1c2ccccc2c2ccc(-c3nc(-n4c5ccccc5c5ccccc54)nc4oc5ccccc5c34)cc21. The summed E-state index contributed by atoms with van der Waals surface area (Å²) in [7, 11) is 0. The van der Waals surface area contributed by atoms with Gasteiger partial charge in [-0.3, -0.25) is 4.57 Å². The predicted molar refractivity (Wildman–Crippen MR) is 191 cm³/mol. The molecule has 4 heterocycles. The van der Waals surface area contributed by atoms with Gasteiger partial charge in [0, 0.05) is 44.6 Å². The van der Waals surface area contributed by atoms with E-state index in [1.807, 2.05) is 30.4 Å². The van der Waals surface area contributed by atoms with Crippen LogP contribution in [-0.2, 0) is 6.54 Å². The smallest absolute Gasteiger partial charge is 0.238 e. The second-order valence-electron chi connectivity index (χ2n) is 11.4. The fourth-order valence-electron chi connectivity index (χ4n) is 6.84. The molecule has 5 heteroatoms. The lowest BCUT2D eigenvalue weighted by Gasteiger charge is -2.10. The fourth-order valence-corrected chi connectivity index (χ4v) is 6.84. The summed E-state index contributed by atoms with van der Waals surface area (Å²) >= 11 is 0. The first-order valence-electron chi connectivity index (χ1n) is 15.4. The van der Waals surface area contributed by atoms with E-state index >= 15 is 0 Å². The van der Waals surface area contributed by atoms with Crippen LogP contribution in [0.3, 0.4) is 0 Å². The first kappa shape index (κ1) is 26.2. The minimum atomic E-state index is 0.570. The third-order valence-corrected chi connectivity index (χ3v) is 8.84. The van der Waals surface area contributed by atoms with E-state index in [1.165, 1.54) is 16.3 Å². The van der Waals surface area contributed by atoms with Crippen LogP contribution in [0.4, 0.5) is 0 Å². The van der Waals surface area contributed by atoms with Crippen LogP contribution in [0.25, 0.3) is 82.9 Å². The maximum Gasteiger partial charge on any atom is 0.238 e. The summed E-state index contributed by atoms with van der Waals surface area (Å²) in [6, 6.07) is 40.2. The van der Waals surface area contributed by atoms with E-state index in [2.05, 4.69) is 125 Å². The Morgan fingerprint density at radius 1 is 0.609 bits per heavy atom. The molecule has 0 aliphatic rings. The van der Waals surface area contributed by atoms with Gasteiger partial charge in [-0.05, 0) is 30.3 Å². The molecule has 46 heavy (non-hydrogen) atoms. The molecular formula is C41H28N4O. The molecule has 9 rings (SSSR count). The second-order valence-corrected chi connectivity index (χ2v) is 11.4. The maximum atomic E-state index is 6.43. The van der Waals surface area contributed by atoms with Crippen LogP contribution in [0.2, 0.25) is 0 Å². The summed E-state index contributed by atoms with van der Waals surface area (Å²) in [6.45, 7) is 4.50. The van der Waals surface area contributed by atoms with Crippen molar-refractivity contribution in [1.29, 1.82) is 0 Å². The number of furan rings is 1. The Bertz CT molecular complexity index is 2650. The van der Waals surface area contributed by atoms with Crippen LogP contribution >= 0.6 is 0 Å². The molecule has 4 aromatic heterocycles. The average molecular weight is 593 g/mol. The first-order chi connectivity index (χ1) is 22.8. The van der Waals surface area contributed by atoms with Gasteiger partial charge in [-0.1, -0.05) is 122 Å². The van der Waals surface area contributed by atoms with Crippen LogP contribution < -0.4 is 0 Å². The maximum absolute atomic E-state index is 6.43. The minimum absolute atomic E-state index is 0.570. The van der Waals surface area contributed by atoms with Crippen molar-refractivity contribution in [3.8, 4) is 17.2 Å². The zero-order valence-electron chi connectivity index (χ0n) is 25.0. The van der Waals surface area contributed by atoms with Gasteiger partial charge in [0.1, 0.15) is 5.58 Å². The third kappa shape index (κ3) is 3.95. The number of para-hydroxylation sites is 4. The van der Waals surface area contributed by atoms with Crippen molar-refractivity contribution in [2.45, 2.75) is 6.54 Å². The normalized spacial score (nSPS) is 12.3. The topological polar surface area (TPSA) is 48.8 Å². The van der Waals surface area contributed by atoms with E-state index in [9.17, 15) is 0 Å². The number of allylic oxidation sites excluding steroid dienone is 5. The van der Waals surface area contributed by atoms with Gasteiger partial charge in [0.15, 0.2) is 0 Å². The number of nitrogens with zero attached hydrogens (tertiary/aromatic N) is 4. The summed E-state index contributed by atoms with van der Waals surface area (Å²) in [5, 5.41) is 6.67. The van der Waals surface area contributed by atoms with Gasteiger partial charge in [0.25, 0.3) is 0 Å². The zero-order chi connectivity index (χ0) is 30.6. The molecule has 0 aliphatic carbocycles. The average Bonchev–Trinajstić information content (AvgIpc) is 3.75. The highest BCUT2D eigenvalue weighted by Crippen LogP contribution is 2.39. The Kier molecular flexibility index (Phi) is 5.96. The monoisotopic (exact) mass is 592 g/mol. The molecular weight excluding hydrogens is 564 g/mol. The largest absolute Gasteiger partial charge is 0.437 e. The second kappa shape index (κ2) is 10.5. The van der Waals surface area contributed by atoms with E-state index in [4.69, 9.17) is 14.4 Å². The molecule has 5 nitrogen and oxygen atoms in total. The molecule has 0 radical (unpaired) electrons. The number of hydrogen-bond acceptors (Lipinski definition) is 3. The number of hydrogen-bond donors (Lipinski definition) is 0. The predicted octanol–water partition coefficient (Wildman–Crippen LogP) is 10.5. The first-order valence-corrected chi connectivity index (χ1v) is 15.4. The highest BCUT2D eigenvalue weighted by molar-refractivity contribution is 6.13. The molecule has 0 amide bonds. The summed E-state index contributed by atoms with van der Waals surface area (Å²) in [5.41, 5.74) is 7.66. The minimum Gasteiger partial charge on any atom is -0.437 e. The van der Waals surface area contributed by atoms with Crippen LogP contribution in [0.5, 0.6) is 0 Å². The highest BCUT2D eigenvalue weighted by atomic mass is 16.3. The van der Waals surface area contributed by atoms with Gasteiger partial charge < -0.3 is 8.98 Å². The van der Waals surface area contributed by atoms with Gasteiger partial charge in [-0.15, -0.1) is 0 Å². The lowest BCUT2D eigenvalue weighted by atomic mass is 10.0. The molecule has 0 atom stereocenters. The van der Waals surface area contributed by atoms with Crippen LogP contribution in [0.15, 0.2) is 157 Å². The van der Waals surface area contributed by atoms with E-state index in [0.717, 1.165) is 61.5 Å². The molecule has 0 aliphatic heterocycles. The third-order valence-electron chi connectivity index (χ3n) is 8.84. The van der Waals surface area contributed by atoms with Crippen molar-refractivity contribution >= 4 is 65.7 Å². The highest BCUT2D eigenvalue weighted by Gasteiger charge is 2.21. The van der Waals surface area contributed by atoms with Crippen LogP contribution in [0.1, 0.15) is 0 Å². The molecule has 0 saturated carbocycles. The Morgan fingerprint density at radius 3 is 1.98 bits per heavy atom. The molecule has 0 saturated heterocycles. The molecule has 0 spiro atoms. The van der Waals surface area contributed by atoms with Crippen molar-refractivity contribution in [2.24, 2.45) is 0 Å². The van der Waals surface area contributed by atoms with Crippen LogP contribution in [-0.4, -0.2) is 19.1 Å². The number of rotatable bonds is 6. The van der Waals surface area contributed by atoms with Gasteiger partial charge in [0.05, 0.1) is 27.6 Å². The summed E-state index contributed by atoms with van der Waals surface area (Å²) < 4.78 is 10.9. The fraction of sp³-hybridized carbons (Fsp3) is 0.0244. The summed E-state index contributed by atoms with van der Waals surface area (Å²) in [5.74, 6) is 0.580. The van der Waals surface area contributed by atoms with Crippen molar-refractivity contribution < 1.29 is 4.42 Å².